The summed E-state index contributed by atoms with van der Waals surface area (Å²) in [5.74, 6) is 0.238. The minimum Gasteiger partial charge on any atom is -0.492 e. The topological polar surface area (TPSA) is 62.3 Å². The largest absolute Gasteiger partial charge is 0.492 e. The Bertz CT molecular complexity index is 628. The molecule has 0 aliphatic carbocycles. The SMILES string of the molecule is COc1c(-c2cnn(C)c2N)cc(Br)c(F)c1OC. The van der Waals surface area contributed by atoms with E-state index in [4.69, 9.17) is 15.2 Å². The van der Waals surface area contributed by atoms with Crippen molar-refractivity contribution in [3.05, 3.63) is 22.6 Å². The minimum absolute atomic E-state index is 0.0233. The zero-order chi connectivity index (χ0) is 14.2. The van der Waals surface area contributed by atoms with E-state index in [1.165, 1.54) is 18.9 Å². The summed E-state index contributed by atoms with van der Waals surface area (Å²) >= 11 is 3.15. The van der Waals surface area contributed by atoms with Gasteiger partial charge in [-0.3, -0.25) is 4.68 Å². The second-order valence-corrected chi connectivity index (χ2v) is 4.71. The van der Waals surface area contributed by atoms with Crippen molar-refractivity contribution in [2.45, 2.75) is 0 Å². The Balaban J connectivity index is 2.76. The molecule has 0 bridgehead atoms. The number of benzene rings is 1. The fraction of sp³-hybridized carbons (Fsp3) is 0.250. The van der Waals surface area contributed by atoms with Crippen LogP contribution < -0.4 is 15.2 Å². The third-order valence-corrected chi connectivity index (χ3v) is 3.39. The molecule has 0 saturated heterocycles. The average Bonchev–Trinajstić information content (AvgIpc) is 2.72. The summed E-state index contributed by atoms with van der Waals surface area (Å²) in [6, 6.07) is 1.59. The number of anilines is 1. The van der Waals surface area contributed by atoms with Gasteiger partial charge in [-0.05, 0) is 22.0 Å². The predicted molar refractivity (Wildman–Crippen MR) is 73.8 cm³/mol. The second-order valence-electron chi connectivity index (χ2n) is 3.85. The lowest BCUT2D eigenvalue weighted by molar-refractivity contribution is 0.338. The Kier molecular flexibility index (Phi) is 3.66. The standard InChI is InChI=1S/C12H13BrFN3O2/c1-17-12(15)7(5-16-17)6-4-8(13)9(14)11(19-3)10(6)18-2/h4-5H,15H2,1-3H3. The molecule has 0 saturated carbocycles. The van der Waals surface area contributed by atoms with Crippen molar-refractivity contribution in [2.24, 2.45) is 7.05 Å². The number of nitrogen functional groups attached to an aromatic ring is 1. The molecule has 102 valence electrons. The highest BCUT2D eigenvalue weighted by atomic mass is 79.9. The molecule has 0 radical (unpaired) electrons. The molecule has 0 aliphatic rings. The quantitative estimate of drug-likeness (QED) is 0.940. The molecule has 19 heavy (non-hydrogen) atoms. The number of halogens is 2. The molecule has 0 aliphatic heterocycles. The number of hydrogen-bond acceptors (Lipinski definition) is 4. The van der Waals surface area contributed by atoms with E-state index < -0.39 is 5.82 Å². The van der Waals surface area contributed by atoms with Gasteiger partial charge in [0.2, 0.25) is 0 Å². The van der Waals surface area contributed by atoms with Crippen LogP contribution in [0, 0.1) is 5.82 Å². The Hall–Kier alpha value is -1.76. The zero-order valence-corrected chi connectivity index (χ0v) is 12.3. The van der Waals surface area contributed by atoms with Crippen molar-refractivity contribution in [3.8, 4) is 22.6 Å². The fourth-order valence-electron chi connectivity index (χ4n) is 1.83. The molecule has 0 spiro atoms. The van der Waals surface area contributed by atoms with E-state index in [9.17, 15) is 4.39 Å². The van der Waals surface area contributed by atoms with E-state index in [0.29, 0.717) is 16.9 Å². The number of rotatable bonds is 3. The van der Waals surface area contributed by atoms with Crippen LogP contribution in [0.15, 0.2) is 16.7 Å². The van der Waals surface area contributed by atoms with Crippen LogP contribution in [0.5, 0.6) is 11.5 Å². The first-order valence-corrected chi connectivity index (χ1v) is 6.18. The summed E-state index contributed by atoms with van der Waals surface area (Å²) in [6.07, 6.45) is 1.59. The highest BCUT2D eigenvalue weighted by molar-refractivity contribution is 9.10. The van der Waals surface area contributed by atoms with Crippen LogP contribution in [0.3, 0.4) is 0 Å². The second kappa shape index (κ2) is 5.08. The Morgan fingerprint density at radius 3 is 2.37 bits per heavy atom. The van der Waals surface area contributed by atoms with Gasteiger partial charge in [0, 0.05) is 18.2 Å². The molecule has 2 aromatic rings. The predicted octanol–water partition coefficient (Wildman–Crippen LogP) is 2.59. The number of methoxy groups -OCH3 is 2. The molecule has 7 heteroatoms. The molecular weight excluding hydrogens is 317 g/mol. The Labute approximate surface area is 118 Å². The Morgan fingerprint density at radius 1 is 1.26 bits per heavy atom. The zero-order valence-electron chi connectivity index (χ0n) is 10.7. The summed E-state index contributed by atoms with van der Waals surface area (Å²) < 4.78 is 26.0. The van der Waals surface area contributed by atoms with Gasteiger partial charge in [0.1, 0.15) is 5.82 Å². The van der Waals surface area contributed by atoms with Gasteiger partial charge in [-0.2, -0.15) is 5.10 Å². The van der Waals surface area contributed by atoms with Gasteiger partial charge >= 0.3 is 0 Å². The highest BCUT2D eigenvalue weighted by Gasteiger charge is 2.22. The maximum Gasteiger partial charge on any atom is 0.198 e. The first-order chi connectivity index (χ1) is 9.01. The van der Waals surface area contributed by atoms with Crippen molar-refractivity contribution < 1.29 is 13.9 Å². The molecule has 2 N–H and O–H groups in total. The summed E-state index contributed by atoms with van der Waals surface area (Å²) in [5, 5.41) is 4.06. The summed E-state index contributed by atoms with van der Waals surface area (Å²) in [4.78, 5) is 0. The molecule has 1 heterocycles. The first kappa shape index (κ1) is 13.7. The molecule has 1 aromatic carbocycles. The van der Waals surface area contributed by atoms with Crippen LogP contribution in [0.1, 0.15) is 0 Å². The highest BCUT2D eigenvalue weighted by Crippen LogP contribution is 2.44. The molecule has 1 aromatic heterocycles. The third-order valence-electron chi connectivity index (χ3n) is 2.81. The molecule has 0 fully saturated rings. The van der Waals surface area contributed by atoms with Crippen molar-refractivity contribution >= 4 is 21.7 Å². The maximum absolute atomic E-state index is 13.9. The van der Waals surface area contributed by atoms with Crippen molar-refractivity contribution in [2.75, 3.05) is 20.0 Å². The van der Waals surface area contributed by atoms with Gasteiger partial charge in [0.15, 0.2) is 17.3 Å². The molecule has 0 atom stereocenters. The van der Waals surface area contributed by atoms with Crippen molar-refractivity contribution in [3.63, 3.8) is 0 Å². The van der Waals surface area contributed by atoms with Gasteiger partial charge in [-0.15, -0.1) is 0 Å². The van der Waals surface area contributed by atoms with E-state index >= 15 is 0 Å². The first-order valence-electron chi connectivity index (χ1n) is 5.39. The lowest BCUT2D eigenvalue weighted by atomic mass is 10.1. The van der Waals surface area contributed by atoms with E-state index in [1.54, 1.807) is 19.3 Å². The van der Waals surface area contributed by atoms with Gasteiger partial charge in [0.25, 0.3) is 0 Å². The summed E-state index contributed by atoms with van der Waals surface area (Å²) in [6.45, 7) is 0. The van der Waals surface area contributed by atoms with Crippen LogP contribution in [0.2, 0.25) is 0 Å². The molecule has 0 unspecified atom stereocenters. The number of hydrogen-bond donors (Lipinski definition) is 1. The van der Waals surface area contributed by atoms with E-state index in [0.717, 1.165) is 0 Å². The third kappa shape index (κ3) is 2.14. The summed E-state index contributed by atoms with van der Waals surface area (Å²) in [5.41, 5.74) is 7.19. The number of aryl methyl sites for hydroxylation is 1. The van der Waals surface area contributed by atoms with Gasteiger partial charge in [-0.25, -0.2) is 4.39 Å². The smallest absolute Gasteiger partial charge is 0.198 e. The van der Waals surface area contributed by atoms with E-state index in [-0.39, 0.29) is 16.0 Å². The number of nitrogens with two attached hydrogens (primary N) is 1. The molecule has 2 rings (SSSR count). The monoisotopic (exact) mass is 329 g/mol. The van der Waals surface area contributed by atoms with Crippen LogP contribution in [-0.4, -0.2) is 24.0 Å². The summed E-state index contributed by atoms with van der Waals surface area (Å²) in [7, 11) is 4.55. The molecular formula is C12H13BrFN3O2. The minimum atomic E-state index is -0.523. The lowest BCUT2D eigenvalue weighted by Gasteiger charge is -2.14. The number of nitrogens with zero attached hydrogens (tertiary/aromatic N) is 2. The normalized spacial score (nSPS) is 10.6. The average molecular weight is 330 g/mol. The van der Waals surface area contributed by atoms with Crippen LogP contribution in [0.25, 0.3) is 11.1 Å². The van der Waals surface area contributed by atoms with Gasteiger partial charge in [0.05, 0.1) is 24.9 Å². The molecule has 0 amide bonds. The number of aromatic nitrogens is 2. The molecule has 5 nitrogen and oxygen atoms in total. The van der Waals surface area contributed by atoms with E-state index in [1.807, 2.05) is 0 Å². The van der Waals surface area contributed by atoms with Gasteiger partial charge < -0.3 is 15.2 Å². The van der Waals surface area contributed by atoms with Crippen LogP contribution >= 0.6 is 15.9 Å². The van der Waals surface area contributed by atoms with Crippen molar-refractivity contribution in [1.82, 2.24) is 9.78 Å². The Morgan fingerprint density at radius 2 is 1.89 bits per heavy atom. The number of ether oxygens (including phenoxy) is 2. The lowest BCUT2D eigenvalue weighted by Crippen LogP contribution is -2.00. The van der Waals surface area contributed by atoms with Gasteiger partial charge in [-0.1, -0.05) is 0 Å². The maximum atomic E-state index is 13.9. The van der Waals surface area contributed by atoms with Crippen LogP contribution in [0.4, 0.5) is 10.2 Å². The van der Waals surface area contributed by atoms with E-state index in [2.05, 4.69) is 21.0 Å². The van der Waals surface area contributed by atoms with Crippen LogP contribution in [-0.2, 0) is 7.05 Å². The van der Waals surface area contributed by atoms with Crippen molar-refractivity contribution in [1.29, 1.82) is 0 Å². The fourth-order valence-corrected chi connectivity index (χ4v) is 2.23.